The molecule has 0 radical (unpaired) electrons. The monoisotopic (exact) mass is 318 g/mol. The lowest BCUT2D eigenvalue weighted by Crippen LogP contribution is -2.01. The van der Waals surface area contributed by atoms with Crippen LogP contribution in [0.3, 0.4) is 0 Å². The summed E-state index contributed by atoms with van der Waals surface area (Å²) in [5.41, 5.74) is 3.21. The van der Waals surface area contributed by atoms with Gasteiger partial charge in [0, 0.05) is 0 Å². The molecular weight excluding hydrogens is 276 g/mol. The smallest absolute Gasteiger partial charge is 0.0197 e. The molecule has 134 valence electrons. The first-order valence-corrected chi connectivity index (χ1v) is 10.5. The molecule has 0 spiro atoms. The van der Waals surface area contributed by atoms with Crippen LogP contribution in [0.25, 0.3) is 0 Å². The van der Waals surface area contributed by atoms with E-state index in [1.807, 2.05) is 0 Å². The summed E-state index contributed by atoms with van der Waals surface area (Å²) in [5.74, 6) is 1.64. The minimum Gasteiger partial charge on any atom is -0.0853 e. The Bertz CT molecular complexity index is 347. The Kier molecular flexibility index (Phi) is 11.5. The quantitative estimate of drug-likeness (QED) is 0.450. The molecule has 1 rings (SSSR count). The predicted molar refractivity (Wildman–Crippen MR) is 106 cm³/mol. The lowest BCUT2D eigenvalue weighted by molar-refractivity contribution is 0.421. The fourth-order valence-corrected chi connectivity index (χ4v) is 3.88. The largest absolute Gasteiger partial charge is 0.0853 e. The minimum atomic E-state index is 0.714. The summed E-state index contributed by atoms with van der Waals surface area (Å²) in [6.45, 7) is 9.43. The van der Waals surface area contributed by atoms with E-state index in [4.69, 9.17) is 0 Å². The molecule has 0 saturated carbocycles. The molecule has 0 bridgehead atoms. The second-order valence-electron chi connectivity index (χ2n) is 8.05. The molecule has 0 heterocycles. The Balaban J connectivity index is 2.61. The molecule has 0 aromatic carbocycles. The van der Waals surface area contributed by atoms with Crippen molar-refractivity contribution in [2.45, 2.75) is 111 Å². The summed E-state index contributed by atoms with van der Waals surface area (Å²) in [5, 5.41) is 0. The highest BCUT2D eigenvalue weighted by atomic mass is 14.1. The van der Waals surface area contributed by atoms with Crippen LogP contribution in [-0.4, -0.2) is 0 Å². The summed E-state index contributed by atoms with van der Waals surface area (Å²) < 4.78 is 0. The van der Waals surface area contributed by atoms with E-state index < -0.39 is 0 Å². The van der Waals surface area contributed by atoms with Crippen LogP contribution in [0.1, 0.15) is 111 Å². The van der Waals surface area contributed by atoms with Crippen molar-refractivity contribution in [3.8, 4) is 0 Å². The van der Waals surface area contributed by atoms with Crippen LogP contribution in [0.4, 0.5) is 0 Å². The zero-order valence-electron chi connectivity index (χ0n) is 16.5. The van der Waals surface area contributed by atoms with Crippen LogP contribution in [-0.2, 0) is 0 Å². The number of rotatable bonds is 2. The summed E-state index contributed by atoms with van der Waals surface area (Å²) in [4.78, 5) is 0. The second kappa shape index (κ2) is 12.8. The van der Waals surface area contributed by atoms with Crippen molar-refractivity contribution in [1.29, 1.82) is 0 Å². The van der Waals surface area contributed by atoms with E-state index in [0.717, 1.165) is 5.92 Å². The van der Waals surface area contributed by atoms with Crippen molar-refractivity contribution in [2.24, 2.45) is 11.8 Å². The van der Waals surface area contributed by atoms with Gasteiger partial charge in [-0.05, 0) is 51.4 Å². The zero-order chi connectivity index (χ0) is 16.9. The molecule has 0 aromatic heterocycles. The maximum absolute atomic E-state index is 2.56. The van der Waals surface area contributed by atoms with Crippen LogP contribution in [0.2, 0.25) is 0 Å². The third-order valence-electron chi connectivity index (χ3n) is 5.68. The van der Waals surface area contributed by atoms with E-state index in [9.17, 15) is 0 Å². The van der Waals surface area contributed by atoms with Gasteiger partial charge in [-0.15, -0.1) is 0 Å². The van der Waals surface area contributed by atoms with Crippen LogP contribution in [0.15, 0.2) is 23.3 Å². The first-order chi connectivity index (χ1) is 11.1. The molecule has 0 N–H and O–H groups in total. The van der Waals surface area contributed by atoms with Gasteiger partial charge in [-0.2, -0.15) is 0 Å². The first kappa shape index (κ1) is 20.5. The van der Waals surface area contributed by atoms with Crippen LogP contribution < -0.4 is 0 Å². The Morgan fingerprint density at radius 1 is 0.913 bits per heavy atom. The van der Waals surface area contributed by atoms with Gasteiger partial charge in [0.1, 0.15) is 0 Å². The van der Waals surface area contributed by atoms with Crippen LogP contribution in [0, 0.1) is 11.8 Å². The highest BCUT2D eigenvalue weighted by Gasteiger charge is 2.09. The van der Waals surface area contributed by atoms with Crippen molar-refractivity contribution >= 4 is 0 Å². The molecule has 0 aromatic rings. The van der Waals surface area contributed by atoms with Gasteiger partial charge in [-0.3, -0.25) is 0 Å². The molecule has 0 heteroatoms. The SMILES string of the molecule is CCCC1CC=C(C)CC(C)C(C)=CCCCCCCCCC1. The van der Waals surface area contributed by atoms with E-state index in [1.54, 1.807) is 11.1 Å². The van der Waals surface area contributed by atoms with Crippen molar-refractivity contribution in [2.75, 3.05) is 0 Å². The van der Waals surface area contributed by atoms with Gasteiger partial charge in [0.2, 0.25) is 0 Å². The maximum Gasteiger partial charge on any atom is -0.0197 e. The maximum atomic E-state index is 2.56. The lowest BCUT2D eigenvalue weighted by Gasteiger charge is -2.16. The molecule has 0 fully saturated rings. The van der Waals surface area contributed by atoms with E-state index in [1.165, 1.54) is 83.5 Å². The number of allylic oxidation sites excluding steroid dienone is 4. The van der Waals surface area contributed by atoms with Gasteiger partial charge in [-0.25, -0.2) is 0 Å². The van der Waals surface area contributed by atoms with Crippen LogP contribution in [0.5, 0.6) is 0 Å². The summed E-state index contributed by atoms with van der Waals surface area (Å²) >= 11 is 0. The van der Waals surface area contributed by atoms with E-state index in [-0.39, 0.29) is 0 Å². The molecule has 0 amide bonds. The lowest BCUT2D eigenvalue weighted by atomic mass is 9.90. The standard InChI is InChI=1S/C23H42/c1-5-14-23-16-13-11-9-7-6-8-10-12-15-21(3)22(4)19-20(2)17-18-23/h15,17,22-23H,5-14,16,18-19H2,1-4H3. The molecular formula is C23H42. The van der Waals surface area contributed by atoms with E-state index in [0.29, 0.717) is 5.92 Å². The third kappa shape index (κ3) is 10.0. The second-order valence-corrected chi connectivity index (χ2v) is 8.05. The van der Waals surface area contributed by atoms with Gasteiger partial charge in [-0.1, -0.05) is 94.9 Å². The Labute approximate surface area is 146 Å². The number of hydrogen-bond donors (Lipinski definition) is 0. The normalized spacial score (nSPS) is 27.0. The highest BCUT2D eigenvalue weighted by Crippen LogP contribution is 2.25. The Morgan fingerprint density at radius 3 is 2.26 bits per heavy atom. The van der Waals surface area contributed by atoms with Crippen molar-refractivity contribution < 1.29 is 0 Å². The summed E-state index contributed by atoms with van der Waals surface area (Å²) in [7, 11) is 0. The van der Waals surface area contributed by atoms with Gasteiger partial charge in [0.05, 0.1) is 0 Å². The topological polar surface area (TPSA) is 0 Å². The van der Waals surface area contributed by atoms with Gasteiger partial charge < -0.3 is 0 Å². The molecule has 1 aliphatic rings. The zero-order valence-corrected chi connectivity index (χ0v) is 16.5. The minimum absolute atomic E-state index is 0.714. The predicted octanol–water partition coefficient (Wildman–Crippen LogP) is 8.24. The summed E-state index contributed by atoms with van der Waals surface area (Å²) in [6.07, 6.45) is 23.2. The van der Waals surface area contributed by atoms with E-state index >= 15 is 0 Å². The molecule has 0 aliphatic heterocycles. The Morgan fingerprint density at radius 2 is 1.57 bits per heavy atom. The van der Waals surface area contributed by atoms with Crippen LogP contribution >= 0.6 is 0 Å². The molecule has 0 nitrogen and oxygen atoms in total. The molecule has 2 unspecified atom stereocenters. The van der Waals surface area contributed by atoms with Gasteiger partial charge in [0.15, 0.2) is 0 Å². The molecule has 1 aliphatic carbocycles. The van der Waals surface area contributed by atoms with Gasteiger partial charge in [0.25, 0.3) is 0 Å². The Hall–Kier alpha value is -0.520. The van der Waals surface area contributed by atoms with E-state index in [2.05, 4.69) is 39.8 Å². The third-order valence-corrected chi connectivity index (χ3v) is 5.68. The van der Waals surface area contributed by atoms with Crippen molar-refractivity contribution in [1.82, 2.24) is 0 Å². The van der Waals surface area contributed by atoms with Crippen molar-refractivity contribution in [3.63, 3.8) is 0 Å². The average molecular weight is 319 g/mol. The molecule has 2 atom stereocenters. The number of hydrogen-bond acceptors (Lipinski definition) is 0. The highest BCUT2D eigenvalue weighted by molar-refractivity contribution is 5.09. The average Bonchev–Trinajstić information content (AvgIpc) is 2.53. The fourth-order valence-electron chi connectivity index (χ4n) is 3.88. The van der Waals surface area contributed by atoms with Crippen molar-refractivity contribution in [3.05, 3.63) is 23.3 Å². The summed E-state index contributed by atoms with van der Waals surface area (Å²) in [6, 6.07) is 0. The molecule has 0 saturated heterocycles. The van der Waals surface area contributed by atoms with Gasteiger partial charge >= 0.3 is 0 Å². The molecule has 23 heavy (non-hydrogen) atoms. The fraction of sp³-hybridized carbons (Fsp3) is 0.826. The first-order valence-electron chi connectivity index (χ1n) is 10.5.